The van der Waals surface area contributed by atoms with E-state index >= 15 is 0 Å². The second kappa shape index (κ2) is 6.50. The molecule has 0 aliphatic carbocycles. The highest BCUT2D eigenvalue weighted by Gasteiger charge is 2.18. The Labute approximate surface area is 150 Å². The zero-order valence-electron chi connectivity index (χ0n) is 14.3. The Bertz CT molecular complexity index is 890. The molecule has 130 valence electrons. The first-order valence-corrected chi connectivity index (χ1v) is 9.11. The van der Waals surface area contributed by atoms with E-state index in [0.29, 0.717) is 18.1 Å². The molecule has 3 heterocycles. The number of anilines is 2. The van der Waals surface area contributed by atoms with Gasteiger partial charge in [0.2, 0.25) is 0 Å². The quantitative estimate of drug-likeness (QED) is 0.784. The van der Waals surface area contributed by atoms with Gasteiger partial charge in [-0.15, -0.1) is 11.3 Å². The minimum Gasteiger partial charge on any atom is -0.378 e. The highest BCUT2D eigenvalue weighted by molar-refractivity contribution is 7.20. The summed E-state index contributed by atoms with van der Waals surface area (Å²) in [6, 6.07) is 9.85. The third-order valence-electron chi connectivity index (χ3n) is 4.42. The molecule has 0 unspecified atom stereocenters. The lowest BCUT2D eigenvalue weighted by atomic mass is 10.2. The van der Waals surface area contributed by atoms with Crippen LogP contribution in [0.15, 0.2) is 30.3 Å². The molecule has 0 bridgehead atoms. The second-order valence-electron chi connectivity index (χ2n) is 6.11. The van der Waals surface area contributed by atoms with Gasteiger partial charge in [-0.05, 0) is 25.1 Å². The number of benzene rings is 1. The van der Waals surface area contributed by atoms with Gasteiger partial charge in [-0.3, -0.25) is 9.48 Å². The predicted molar refractivity (Wildman–Crippen MR) is 101 cm³/mol. The number of hydrogen-bond donors (Lipinski definition) is 1. The first-order chi connectivity index (χ1) is 12.1. The highest BCUT2D eigenvalue weighted by atomic mass is 32.1. The first kappa shape index (κ1) is 16.1. The molecule has 1 amide bonds. The second-order valence-corrected chi connectivity index (χ2v) is 7.14. The molecular formula is C18H20N4O2S. The minimum absolute atomic E-state index is 0.0821. The van der Waals surface area contributed by atoms with Crippen molar-refractivity contribution in [2.24, 2.45) is 7.05 Å². The molecule has 0 atom stereocenters. The number of thiophene rings is 1. The average molecular weight is 356 g/mol. The largest absolute Gasteiger partial charge is 0.378 e. The van der Waals surface area contributed by atoms with Crippen LogP contribution in [0.4, 0.5) is 11.4 Å². The van der Waals surface area contributed by atoms with Crippen molar-refractivity contribution in [3.8, 4) is 0 Å². The predicted octanol–water partition coefficient (Wildman–Crippen LogP) is 3.03. The molecule has 3 aromatic rings. The fourth-order valence-corrected chi connectivity index (χ4v) is 4.18. The van der Waals surface area contributed by atoms with Crippen molar-refractivity contribution in [2.45, 2.75) is 6.92 Å². The maximum absolute atomic E-state index is 12.8. The Morgan fingerprint density at radius 3 is 2.80 bits per heavy atom. The van der Waals surface area contributed by atoms with E-state index in [1.54, 1.807) is 0 Å². The summed E-state index contributed by atoms with van der Waals surface area (Å²) in [5.74, 6) is -0.0821. The van der Waals surface area contributed by atoms with Crippen LogP contribution in [0, 0.1) is 6.92 Å². The van der Waals surface area contributed by atoms with E-state index in [4.69, 9.17) is 4.74 Å². The third kappa shape index (κ3) is 3.01. The molecule has 4 rings (SSSR count). The third-order valence-corrected chi connectivity index (χ3v) is 5.62. The first-order valence-electron chi connectivity index (χ1n) is 8.29. The van der Waals surface area contributed by atoms with Crippen LogP contribution >= 0.6 is 11.3 Å². The van der Waals surface area contributed by atoms with Gasteiger partial charge in [0.15, 0.2) is 0 Å². The van der Waals surface area contributed by atoms with Crippen molar-refractivity contribution >= 4 is 38.8 Å². The van der Waals surface area contributed by atoms with Gasteiger partial charge in [0, 0.05) is 25.5 Å². The molecule has 0 radical (unpaired) electrons. The summed E-state index contributed by atoms with van der Waals surface area (Å²) in [5, 5.41) is 8.50. The van der Waals surface area contributed by atoms with Crippen LogP contribution in [-0.2, 0) is 11.8 Å². The lowest BCUT2D eigenvalue weighted by Crippen LogP contribution is -2.36. The summed E-state index contributed by atoms with van der Waals surface area (Å²) in [5.41, 5.74) is 2.82. The van der Waals surface area contributed by atoms with Crippen molar-refractivity contribution in [1.29, 1.82) is 0 Å². The Morgan fingerprint density at radius 2 is 2.04 bits per heavy atom. The number of morpholine rings is 1. The number of aromatic nitrogens is 2. The van der Waals surface area contributed by atoms with Gasteiger partial charge in [-0.2, -0.15) is 5.10 Å². The average Bonchev–Trinajstić information content (AvgIpc) is 3.18. The van der Waals surface area contributed by atoms with Crippen LogP contribution in [0.5, 0.6) is 0 Å². The highest BCUT2D eigenvalue weighted by Crippen LogP contribution is 2.30. The summed E-state index contributed by atoms with van der Waals surface area (Å²) in [7, 11) is 1.90. The lowest BCUT2D eigenvalue weighted by Gasteiger charge is -2.30. The van der Waals surface area contributed by atoms with Gasteiger partial charge in [0.1, 0.15) is 4.83 Å². The molecule has 1 saturated heterocycles. The number of nitrogens with one attached hydrogen (secondary N) is 1. The maximum Gasteiger partial charge on any atom is 0.265 e. The van der Waals surface area contributed by atoms with Crippen molar-refractivity contribution < 1.29 is 9.53 Å². The van der Waals surface area contributed by atoms with Crippen LogP contribution in [-0.4, -0.2) is 42.0 Å². The number of carbonyl (C=O) groups is 1. The van der Waals surface area contributed by atoms with Gasteiger partial charge in [0.25, 0.3) is 5.91 Å². The molecule has 6 nitrogen and oxygen atoms in total. The standard InChI is InChI=1S/C18H20N4O2S/c1-12-13-11-16(25-18(13)21(2)20-12)17(23)19-14-5-3-4-6-15(14)22-7-9-24-10-8-22/h3-6,11H,7-10H2,1-2H3,(H,19,23). The molecule has 7 heteroatoms. The number of rotatable bonds is 3. The molecule has 25 heavy (non-hydrogen) atoms. The summed E-state index contributed by atoms with van der Waals surface area (Å²) in [4.78, 5) is 16.7. The summed E-state index contributed by atoms with van der Waals surface area (Å²) < 4.78 is 7.25. The zero-order valence-corrected chi connectivity index (χ0v) is 15.1. The van der Waals surface area contributed by atoms with E-state index in [9.17, 15) is 4.79 Å². The van der Waals surface area contributed by atoms with Gasteiger partial charge < -0.3 is 15.0 Å². The number of nitrogens with zero attached hydrogens (tertiary/aromatic N) is 3. The van der Waals surface area contributed by atoms with E-state index in [2.05, 4.69) is 15.3 Å². The van der Waals surface area contributed by atoms with Crippen molar-refractivity contribution in [1.82, 2.24) is 9.78 Å². The molecule has 1 fully saturated rings. The topological polar surface area (TPSA) is 59.4 Å². The Kier molecular flexibility index (Phi) is 4.19. The van der Waals surface area contributed by atoms with Crippen molar-refractivity contribution in [3.05, 3.63) is 40.9 Å². The Balaban J connectivity index is 1.60. The molecule has 1 aliphatic heterocycles. The smallest absolute Gasteiger partial charge is 0.265 e. The van der Waals surface area contributed by atoms with Crippen LogP contribution in [0.1, 0.15) is 15.4 Å². The van der Waals surface area contributed by atoms with E-state index < -0.39 is 0 Å². The van der Waals surface area contributed by atoms with Crippen molar-refractivity contribution in [3.63, 3.8) is 0 Å². The molecule has 1 aromatic carbocycles. The van der Waals surface area contributed by atoms with Crippen LogP contribution in [0.3, 0.4) is 0 Å². The number of fused-ring (bicyclic) bond motifs is 1. The number of hydrogen-bond acceptors (Lipinski definition) is 5. The van der Waals surface area contributed by atoms with Gasteiger partial charge in [0.05, 0.1) is 35.2 Å². The molecule has 2 aromatic heterocycles. The number of amides is 1. The molecule has 0 saturated carbocycles. The van der Waals surface area contributed by atoms with Gasteiger partial charge in [-0.1, -0.05) is 12.1 Å². The molecule has 1 N–H and O–H groups in total. The zero-order chi connectivity index (χ0) is 17.4. The normalized spacial score (nSPS) is 14.9. The lowest BCUT2D eigenvalue weighted by molar-refractivity contribution is 0.103. The van der Waals surface area contributed by atoms with Crippen molar-refractivity contribution in [2.75, 3.05) is 36.5 Å². The van der Waals surface area contributed by atoms with E-state index in [0.717, 1.165) is 40.4 Å². The summed E-state index contributed by atoms with van der Waals surface area (Å²) in [6.45, 7) is 5.06. The van der Waals surface area contributed by atoms with Crippen LogP contribution in [0.2, 0.25) is 0 Å². The van der Waals surface area contributed by atoms with E-state index in [1.165, 1.54) is 11.3 Å². The number of para-hydroxylation sites is 2. The maximum atomic E-state index is 12.8. The Morgan fingerprint density at radius 1 is 1.28 bits per heavy atom. The molecule has 1 aliphatic rings. The number of carbonyl (C=O) groups excluding carboxylic acids is 1. The molecule has 0 spiro atoms. The van der Waals surface area contributed by atoms with E-state index in [1.807, 2.05) is 49.0 Å². The SMILES string of the molecule is Cc1nn(C)c2sc(C(=O)Nc3ccccc3N3CCOCC3)cc12. The summed E-state index contributed by atoms with van der Waals surface area (Å²) in [6.07, 6.45) is 0. The number of aryl methyl sites for hydroxylation is 2. The van der Waals surface area contributed by atoms with Gasteiger partial charge in [-0.25, -0.2) is 0 Å². The fourth-order valence-electron chi connectivity index (χ4n) is 3.16. The molecular weight excluding hydrogens is 336 g/mol. The Hall–Kier alpha value is -2.38. The summed E-state index contributed by atoms with van der Waals surface area (Å²) >= 11 is 1.47. The minimum atomic E-state index is -0.0821. The fraction of sp³-hybridized carbons (Fsp3) is 0.333. The van der Waals surface area contributed by atoms with Gasteiger partial charge >= 0.3 is 0 Å². The number of ether oxygens (including phenoxy) is 1. The van der Waals surface area contributed by atoms with Crippen LogP contribution < -0.4 is 10.2 Å². The monoisotopic (exact) mass is 356 g/mol. The van der Waals surface area contributed by atoms with E-state index in [-0.39, 0.29) is 5.91 Å². The van der Waals surface area contributed by atoms with Crippen LogP contribution in [0.25, 0.3) is 10.2 Å².